The van der Waals surface area contributed by atoms with Crippen molar-refractivity contribution < 1.29 is 0 Å². The van der Waals surface area contributed by atoms with Crippen molar-refractivity contribution in [3.05, 3.63) is 0 Å². The van der Waals surface area contributed by atoms with Gasteiger partial charge in [-0.3, -0.25) is 0 Å². The summed E-state index contributed by atoms with van der Waals surface area (Å²) >= 11 is 0. The lowest BCUT2D eigenvalue weighted by Crippen LogP contribution is -2.45. The Kier molecular flexibility index (Phi) is 5.77. The second-order valence-electron chi connectivity index (χ2n) is 5.66. The van der Waals surface area contributed by atoms with Crippen molar-refractivity contribution in [1.82, 2.24) is 10.2 Å². The third-order valence-electron chi connectivity index (χ3n) is 4.46. The van der Waals surface area contributed by atoms with E-state index in [4.69, 9.17) is 0 Å². The Morgan fingerprint density at radius 1 is 1.25 bits per heavy atom. The Bertz CT molecular complexity index is 185. The van der Waals surface area contributed by atoms with E-state index in [1.165, 1.54) is 51.7 Å². The van der Waals surface area contributed by atoms with E-state index in [2.05, 4.69) is 38.0 Å². The number of piperidine rings is 1. The fraction of sp³-hybridized carbons (Fsp3) is 1.00. The van der Waals surface area contributed by atoms with Crippen LogP contribution in [0.2, 0.25) is 0 Å². The maximum absolute atomic E-state index is 3.48. The van der Waals surface area contributed by atoms with E-state index < -0.39 is 0 Å². The lowest BCUT2D eigenvalue weighted by molar-refractivity contribution is 0.0982. The largest absolute Gasteiger partial charge is 0.317 e. The van der Waals surface area contributed by atoms with Gasteiger partial charge in [0.1, 0.15) is 0 Å². The molecule has 1 aliphatic rings. The first-order valence-corrected chi connectivity index (χ1v) is 7.04. The van der Waals surface area contributed by atoms with Crippen LogP contribution in [-0.2, 0) is 0 Å². The van der Waals surface area contributed by atoms with Crippen LogP contribution in [0.4, 0.5) is 0 Å². The van der Waals surface area contributed by atoms with Crippen LogP contribution in [0.3, 0.4) is 0 Å². The molecule has 1 N–H and O–H groups in total. The van der Waals surface area contributed by atoms with Gasteiger partial charge in [-0.2, -0.15) is 0 Å². The zero-order valence-electron chi connectivity index (χ0n) is 11.7. The molecule has 1 fully saturated rings. The maximum atomic E-state index is 3.48. The molecular formula is C14H30N2. The van der Waals surface area contributed by atoms with E-state index in [1.54, 1.807) is 0 Å². The fourth-order valence-electron chi connectivity index (χ4n) is 2.90. The van der Waals surface area contributed by atoms with Crippen molar-refractivity contribution in [2.75, 3.05) is 26.7 Å². The molecule has 2 nitrogen and oxygen atoms in total. The number of hydrogen-bond acceptors (Lipinski definition) is 2. The first kappa shape index (κ1) is 14.0. The lowest BCUT2D eigenvalue weighted by Gasteiger charge is -2.41. The van der Waals surface area contributed by atoms with Crippen LogP contribution >= 0.6 is 0 Å². The summed E-state index contributed by atoms with van der Waals surface area (Å²) in [5.41, 5.74) is 0.585. The number of hydrogen-bond donors (Lipinski definition) is 1. The van der Waals surface area contributed by atoms with Crippen LogP contribution in [-0.4, -0.2) is 37.6 Å². The third kappa shape index (κ3) is 3.74. The molecule has 0 spiro atoms. The molecule has 2 heteroatoms. The zero-order valence-corrected chi connectivity index (χ0v) is 11.7. The van der Waals surface area contributed by atoms with Crippen molar-refractivity contribution >= 4 is 0 Å². The summed E-state index contributed by atoms with van der Waals surface area (Å²) < 4.78 is 0. The summed E-state index contributed by atoms with van der Waals surface area (Å²) in [6.45, 7) is 10.7. The van der Waals surface area contributed by atoms with Crippen molar-refractivity contribution in [1.29, 1.82) is 0 Å². The second-order valence-corrected chi connectivity index (χ2v) is 5.66. The van der Waals surface area contributed by atoms with E-state index >= 15 is 0 Å². The van der Waals surface area contributed by atoms with Crippen molar-refractivity contribution in [2.45, 2.75) is 58.9 Å². The van der Waals surface area contributed by atoms with Gasteiger partial charge in [0.05, 0.1) is 0 Å². The highest BCUT2D eigenvalue weighted by molar-refractivity contribution is 4.86. The summed E-state index contributed by atoms with van der Waals surface area (Å²) in [5.74, 6) is 0. The monoisotopic (exact) mass is 226 g/mol. The number of rotatable bonds is 6. The van der Waals surface area contributed by atoms with Crippen molar-refractivity contribution in [2.24, 2.45) is 5.41 Å². The Balaban J connectivity index is 2.48. The predicted octanol–water partition coefficient (Wildman–Crippen LogP) is 2.89. The Labute approximate surface area is 102 Å². The summed E-state index contributed by atoms with van der Waals surface area (Å²) in [7, 11) is 2.31. The molecule has 0 aromatic carbocycles. The SMILES string of the molecule is CCCC(C)N(C)CC1(CC)CCNCC1. The van der Waals surface area contributed by atoms with E-state index in [1.807, 2.05) is 0 Å². The van der Waals surface area contributed by atoms with Crippen LogP contribution in [0.1, 0.15) is 52.9 Å². The molecule has 1 rings (SSSR count). The summed E-state index contributed by atoms with van der Waals surface area (Å²) in [4.78, 5) is 2.58. The molecular weight excluding hydrogens is 196 g/mol. The molecule has 0 bridgehead atoms. The smallest absolute Gasteiger partial charge is 0.00640 e. The molecule has 0 aliphatic carbocycles. The lowest BCUT2D eigenvalue weighted by atomic mass is 9.76. The van der Waals surface area contributed by atoms with Crippen molar-refractivity contribution in [3.8, 4) is 0 Å². The van der Waals surface area contributed by atoms with E-state index in [-0.39, 0.29) is 0 Å². The molecule has 1 saturated heterocycles. The molecule has 1 aliphatic heterocycles. The van der Waals surface area contributed by atoms with Crippen LogP contribution in [0, 0.1) is 5.41 Å². The molecule has 0 aromatic rings. The van der Waals surface area contributed by atoms with Gasteiger partial charge in [-0.25, -0.2) is 0 Å². The first-order valence-electron chi connectivity index (χ1n) is 7.04. The molecule has 16 heavy (non-hydrogen) atoms. The Morgan fingerprint density at radius 3 is 2.38 bits per heavy atom. The van der Waals surface area contributed by atoms with Crippen LogP contribution < -0.4 is 5.32 Å². The van der Waals surface area contributed by atoms with E-state index in [9.17, 15) is 0 Å². The van der Waals surface area contributed by atoms with Crippen LogP contribution in [0.5, 0.6) is 0 Å². The molecule has 0 amide bonds. The van der Waals surface area contributed by atoms with Crippen molar-refractivity contribution in [3.63, 3.8) is 0 Å². The quantitative estimate of drug-likeness (QED) is 0.749. The molecule has 0 aromatic heterocycles. The molecule has 0 saturated carbocycles. The standard InChI is InChI=1S/C14H30N2/c1-5-7-13(3)16(4)12-14(6-2)8-10-15-11-9-14/h13,15H,5-12H2,1-4H3. The first-order chi connectivity index (χ1) is 7.63. The second kappa shape index (κ2) is 6.61. The van der Waals surface area contributed by atoms with Gasteiger partial charge in [0.15, 0.2) is 0 Å². The van der Waals surface area contributed by atoms with Gasteiger partial charge in [0.2, 0.25) is 0 Å². The van der Waals surface area contributed by atoms with Crippen LogP contribution in [0.15, 0.2) is 0 Å². The highest BCUT2D eigenvalue weighted by Gasteiger charge is 2.31. The minimum absolute atomic E-state index is 0.585. The maximum Gasteiger partial charge on any atom is 0.00640 e. The molecule has 1 atom stereocenters. The highest BCUT2D eigenvalue weighted by atomic mass is 15.1. The number of nitrogens with one attached hydrogen (secondary N) is 1. The van der Waals surface area contributed by atoms with Gasteiger partial charge >= 0.3 is 0 Å². The van der Waals surface area contributed by atoms with Gasteiger partial charge < -0.3 is 10.2 Å². The number of nitrogens with zero attached hydrogens (tertiary/aromatic N) is 1. The van der Waals surface area contributed by atoms with Gasteiger partial charge in [-0.1, -0.05) is 20.3 Å². The van der Waals surface area contributed by atoms with Gasteiger partial charge in [-0.05, 0) is 58.2 Å². The minimum atomic E-state index is 0.585. The predicted molar refractivity (Wildman–Crippen MR) is 71.8 cm³/mol. The Hall–Kier alpha value is -0.0800. The van der Waals surface area contributed by atoms with Crippen LogP contribution in [0.25, 0.3) is 0 Å². The minimum Gasteiger partial charge on any atom is -0.317 e. The molecule has 96 valence electrons. The van der Waals surface area contributed by atoms with Gasteiger partial charge in [-0.15, -0.1) is 0 Å². The summed E-state index contributed by atoms with van der Waals surface area (Å²) in [6.07, 6.45) is 6.66. The molecule has 0 radical (unpaired) electrons. The van der Waals surface area contributed by atoms with Gasteiger partial charge in [0.25, 0.3) is 0 Å². The van der Waals surface area contributed by atoms with Gasteiger partial charge in [0, 0.05) is 12.6 Å². The summed E-state index contributed by atoms with van der Waals surface area (Å²) in [6, 6.07) is 0.739. The topological polar surface area (TPSA) is 15.3 Å². The highest BCUT2D eigenvalue weighted by Crippen LogP contribution is 2.33. The van der Waals surface area contributed by atoms with E-state index in [0.29, 0.717) is 5.41 Å². The average Bonchev–Trinajstić information content (AvgIpc) is 2.30. The normalized spacial score (nSPS) is 22.3. The third-order valence-corrected chi connectivity index (χ3v) is 4.46. The summed E-state index contributed by atoms with van der Waals surface area (Å²) in [5, 5.41) is 3.48. The molecule has 1 heterocycles. The van der Waals surface area contributed by atoms with E-state index in [0.717, 1.165) is 6.04 Å². The Morgan fingerprint density at radius 2 is 1.88 bits per heavy atom. The average molecular weight is 226 g/mol. The zero-order chi connectivity index (χ0) is 12.0. The fourth-order valence-corrected chi connectivity index (χ4v) is 2.90. The molecule has 1 unspecified atom stereocenters.